The number of likely N-dealkylation sites (N-methyl/N-ethyl adjacent to an activating group) is 1. The highest BCUT2D eigenvalue weighted by Gasteiger charge is 2.08. The van der Waals surface area contributed by atoms with Crippen LogP contribution in [0.3, 0.4) is 0 Å². The molecule has 0 atom stereocenters. The van der Waals surface area contributed by atoms with Crippen molar-refractivity contribution < 1.29 is 4.74 Å². The fourth-order valence-electron chi connectivity index (χ4n) is 1.42. The molecule has 0 radical (unpaired) electrons. The molecule has 3 nitrogen and oxygen atoms in total. The van der Waals surface area contributed by atoms with Gasteiger partial charge < -0.3 is 15.0 Å². The lowest BCUT2D eigenvalue weighted by Gasteiger charge is -2.20. The first-order valence-electron chi connectivity index (χ1n) is 6.48. The second-order valence-corrected chi connectivity index (χ2v) is 5.90. The van der Waals surface area contributed by atoms with Crippen molar-refractivity contribution in [2.75, 3.05) is 27.2 Å². The average molecular weight is 250 g/mol. The normalized spacial score (nSPS) is 11.9. The smallest absolute Gasteiger partial charge is 0.119 e. The zero-order valence-electron chi connectivity index (χ0n) is 12.3. The van der Waals surface area contributed by atoms with Crippen molar-refractivity contribution in [3.63, 3.8) is 0 Å². The Kier molecular flexibility index (Phi) is 5.63. The molecule has 1 N–H and O–H groups in total. The molecule has 0 aliphatic carbocycles. The molecule has 0 aliphatic heterocycles. The third kappa shape index (κ3) is 6.62. The summed E-state index contributed by atoms with van der Waals surface area (Å²) in [6, 6.07) is 8.30. The average Bonchev–Trinajstić information content (AvgIpc) is 2.26. The van der Waals surface area contributed by atoms with Gasteiger partial charge in [0.25, 0.3) is 0 Å². The van der Waals surface area contributed by atoms with Crippen LogP contribution in [-0.2, 0) is 6.54 Å². The summed E-state index contributed by atoms with van der Waals surface area (Å²) in [6.45, 7) is 9.07. The van der Waals surface area contributed by atoms with Crippen LogP contribution in [0.5, 0.6) is 5.75 Å². The Morgan fingerprint density at radius 2 is 1.72 bits per heavy atom. The van der Waals surface area contributed by atoms with E-state index in [1.807, 2.05) is 26.2 Å². The quantitative estimate of drug-likeness (QED) is 0.839. The van der Waals surface area contributed by atoms with Gasteiger partial charge in [-0.25, -0.2) is 0 Å². The monoisotopic (exact) mass is 250 g/mol. The van der Waals surface area contributed by atoms with Crippen LogP contribution in [0.4, 0.5) is 0 Å². The number of nitrogens with zero attached hydrogens (tertiary/aromatic N) is 1. The summed E-state index contributed by atoms with van der Waals surface area (Å²) in [7, 11) is 4.09. The zero-order chi connectivity index (χ0) is 13.6. The molecule has 1 rings (SSSR count). The SMILES string of the molecule is CN(C)CCOc1ccc(CNC(C)(C)C)cc1. The Labute approximate surface area is 111 Å². The van der Waals surface area contributed by atoms with Crippen LogP contribution >= 0.6 is 0 Å². The minimum atomic E-state index is 0.154. The Hall–Kier alpha value is -1.06. The summed E-state index contributed by atoms with van der Waals surface area (Å²) in [5.74, 6) is 0.941. The van der Waals surface area contributed by atoms with Gasteiger partial charge in [-0.15, -0.1) is 0 Å². The predicted octanol–water partition coefficient (Wildman–Crippen LogP) is 2.52. The minimum absolute atomic E-state index is 0.154. The lowest BCUT2D eigenvalue weighted by atomic mass is 10.1. The molecule has 0 saturated heterocycles. The van der Waals surface area contributed by atoms with E-state index in [1.165, 1.54) is 5.56 Å². The standard InChI is InChI=1S/C15H26N2O/c1-15(2,3)16-12-13-6-8-14(9-7-13)18-11-10-17(4)5/h6-9,16H,10-12H2,1-5H3. The van der Waals surface area contributed by atoms with E-state index in [0.29, 0.717) is 0 Å². The largest absolute Gasteiger partial charge is 0.492 e. The molecule has 1 aromatic rings. The maximum atomic E-state index is 5.66. The summed E-state index contributed by atoms with van der Waals surface area (Å²) in [4.78, 5) is 2.11. The molecule has 0 aliphatic rings. The van der Waals surface area contributed by atoms with E-state index in [9.17, 15) is 0 Å². The van der Waals surface area contributed by atoms with Crippen molar-refractivity contribution in [2.45, 2.75) is 32.9 Å². The van der Waals surface area contributed by atoms with Crippen LogP contribution in [-0.4, -0.2) is 37.7 Å². The van der Waals surface area contributed by atoms with E-state index in [4.69, 9.17) is 4.74 Å². The molecule has 18 heavy (non-hydrogen) atoms. The maximum absolute atomic E-state index is 5.66. The van der Waals surface area contributed by atoms with Crippen LogP contribution < -0.4 is 10.1 Å². The molecule has 0 amide bonds. The zero-order valence-corrected chi connectivity index (χ0v) is 12.3. The van der Waals surface area contributed by atoms with E-state index < -0.39 is 0 Å². The fraction of sp³-hybridized carbons (Fsp3) is 0.600. The summed E-state index contributed by atoms with van der Waals surface area (Å²) in [6.07, 6.45) is 0. The van der Waals surface area contributed by atoms with E-state index in [2.05, 4.69) is 43.1 Å². The van der Waals surface area contributed by atoms with Crippen molar-refractivity contribution in [3.8, 4) is 5.75 Å². The van der Waals surface area contributed by atoms with Crippen LogP contribution in [0.1, 0.15) is 26.3 Å². The molecule has 0 fully saturated rings. The summed E-state index contributed by atoms with van der Waals surface area (Å²) in [5, 5.41) is 3.47. The number of benzene rings is 1. The molecule has 3 heteroatoms. The van der Waals surface area contributed by atoms with Gasteiger partial charge in [-0.1, -0.05) is 12.1 Å². The first-order valence-corrected chi connectivity index (χ1v) is 6.48. The Balaban J connectivity index is 2.38. The summed E-state index contributed by atoms with van der Waals surface area (Å²) in [5.41, 5.74) is 1.44. The third-order valence-electron chi connectivity index (χ3n) is 2.55. The van der Waals surface area contributed by atoms with Crippen molar-refractivity contribution >= 4 is 0 Å². The van der Waals surface area contributed by atoms with Crippen molar-refractivity contribution in [2.24, 2.45) is 0 Å². The highest BCUT2D eigenvalue weighted by molar-refractivity contribution is 5.27. The molecule has 0 unspecified atom stereocenters. The number of ether oxygens (including phenoxy) is 1. The molecule has 0 spiro atoms. The van der Waals surface area contributed by atoms with Crippen LogP contribution in [0.25, 0.3) is 0 Å². The lowest BCUT2D eigenvalue weighted by Crippen LogP contribution is -2.35. The highest BCUT2D eigenvalue weighted by Crippen LogP contribution is 2.12. The van der Waals surface area contributed by atoms with E-state index in [1.54, 1.807) is 0 Å². The first-order chi connectivity index (χ1) is 8.37. The number of hydrogen-bond acceptors (Lipinski definition) is 3. The molecule has 0 heterocycles. The van der Waals surface area contributed by atoms with Gasteiger partial charge in [0.2, 0.25) is 0 Å². The van der Waals surface area contributed by atoms with E-state index in [0.717, 1.165) is 25.4 Å². The Morgan fingerprint density at radius 1 is 1.11 bits per heavy atom. The first kappa shape index (κ1) is 15.0. The Morgan fingerprint density at radius 3 is 2.22 bits per heavy atom. The molecule has 1 aromatic carbocycles. The van der Waals surface area contributed by atoms with Gasteiger partial charge in [0.05, 0.1) is 0 Å². The van der Waals surface area contributed by atoms with Crippen molar-refractivity contribution in [1.29, 1.82) is 0 Å². The molecule has 0 saturated carbocycles. The van der Waals surface area contributed by atoms with E-state index >= 15 is 0 Å². The van der Waals surface area contributed by atoms with Gasteiger partial charge in [-0.3, -0.25) is 0 Å². The summed E-state index contributed by atoms with van der Waals surface area (Å²) < 4.78 is 5.66. The lowest BCUT2D eigenvalue weighted by molar-refractivity contribution is 0.261. The number of hydrogen-bond donors (Lipinski definition) is 1. The number of nitrogens with one attached hydrogen (secondary N) is 1. The molecule has 0 aromatic heterocycles. The van der Waals surface area contributed by atoms with Gasteiger partial charge in [-0.2, -0.15) is 0 Å². The molecule has 102 valence electrons. The second-order valence-electron chi connectivity index (χ2n) is 5.90. The van der Waals surface area contributed by atoms with Crippen LogP contribution in [0, 0.1) is 0 Å². The number of rotatable bonds is 6. The third-order valence-corrected chi connectivity index (χ3v) is 2.55. The van der Waals surface area contributed by atoms with Crippen molar-refractivity contribution in [1.82, 2.24) is 10.2 Å². The van der Waals surface area contributed by atoms with E-state index in [-0.39, 0.29) is 5.54 Å². The van der Waals surface area contributed by atoms with Gasteiger partial charge in [0, 0.05) is 18.6 Å². The summed E-state index contributed by atoms with van der Waals surface area (Å²) >= 11 is 0. The minimum Gasteiger partial charge on any atom is -0.492 e. The topological polar surface area (TPSA) is 24.5 Å². The van der Waals surface area contributed by atoms with Gasteiger partial charge in [0.15, 0.2) is 0 Å². The Bertz CT molecular complexity index is 339. The maximum Gasteiger partial charge on any atom is 0.119 e. The highest BCUT2D eigenvalue weighted by atomic mass is 16.5. The van der Waals surface area contributed by atoms with Gasteiger partial charge in [-0.05, 0) is 52.6 Å². The van der Waals surface area contributed by atoms with Gasteiger partial charge in [0.1, 0.15) is 12.4 Å². The van der Waals surface area contributed by atoms with Crippen molar-refractivity contribution in [3.05, 3.63) is 29.8 Å². The molecular weight excluding hydrogens is 224 g/mol. The predicted molar refractivity (Wildman–Crippen MR) is 77.1 cm³/mol. The van der Waals surface area contributed by atoms with Crippen LogP contribution in [0.15, 0.2) is 24.3 Å². The molecular formula is C15H26N2O. The fourth-order valence-corrected chi connectivity index (χ4v) is 1.42. The second kappa shape index (κ2) is 6.76. The van der Waals surface area contributed by atoms with Gasteiger partial charge >= 0.3 is 0 Å². The van der Waals surface area contributed by atoms with Crippen LogP contribution in [0.2, 0.25) is 0 Å². The molecule has 0 bridgehead atoms.